The fourth-order valence-corrected chi connectivity index (χ4v) is 2.59. The predicted molar refractivity (Wildman–Crippen MR) is 86.5 cm³/mol. The minimum absolute atomic E-state index is 0.150. The van der Waals surface area contributed by atoms with Gasteiger partial charge in [0, 0.05) is 12.1 Å². The topological polar surface area (TPSA) is 93.9 Å². The van der Waals surface area contributed by atoms with Crippen LogP contribution < -0.4 is 10.6 Å². The van der Waals surface area contributed by atoms with Crippen molar-refractivity contribution in [2.75, 3.05) is 10.6 Å². The maximum atomic E-state index is 9.54. The number of hydrogen-bond acceptors (Lipinski definition) is 6. The summed E-state index contributed by atoms with van der Waals surface area (Å²) in [6.07, 6.45) is 7.38. The minimum atomic E-state index is -0.183. The van der Waals surface area contributed by atoms with E-state index >= 15 is 0 Å². The second-order valence-corrected chi connectivity index (χ2v) is 5.79. The fourth-order valence-electron chi connectivity index (χ4n) is 2.59. The Hall–Kier alpha value is -2.13. The van der Waals surface area contributed by atoms with Crippen LogP contribution in [0.25, 0.3) is 0 Å². The Kier molecular flexibility index (Phi) is 5.73. The highest BCUT2D eigenvalue weighted by Gasteiger charge is 2.20. The van der Waals surface area contributed by atoms with Crippen LogP contribution in [-0.4, -0.2) is 33.3 Å². The van der Waals surface area contributed by atoms with Crippen LogP contribution in [0.3, 0.4) is 0 Å². The third-order valence-electron chi connectivity index (χ3n) is 3.84. The van der Waals surface area contributed by atoms with Crippen molar-refractivity contribution in [1.82, 2.24) is 9.97 Å². The van der Waals surface area contributed by atoms with Gasteiger partial charge in [-0.05, 0) is 39.0 Å². The molecule has 1 aliphatic carbocycles. The molecule has 6 heteroatoms. The molecule has 3 N–H and O–H groups in total. The molecule has 0 amide bonds. The van der Waals surface area contributed by atoms with Crippen molar-refractivity contribution >= 4 is 11.8 Å². The lowest BCUT2D eigenvalue weighted by Crippen LogP contribution is -2.29. The molecule has 1 fully saturated rings. The Balaban J connectivity index is 2.06. The highest BCUT2D eigenvalue weighted by atomic mass is 16.3. The Labute approximate surface area is 131 Å². The number of anilines is 2. The Bertz CT molecular complexity index is 546. The molecule has 1 heterocycles. The number of aromatic nitrogens is 2. The van der Waals surface area contributed by atoms with Crippen LogP contribution in [0.15, 0.2) is 18.9 Å². The summed E-state index contributed by atoms with van der Waals surface area (Å²) in [6, 6.07) is 2.53. The molecule has 2 rings (SSSR count). The third kappa shape index (κ3) is 4.43. The zero-order chi connectivity index (χ0) is 15.9. The summed E-state index contributed by atoms with van der Waals surface area (Å²) in [5.41, 5.74) is 0.431. The van der Waals surface area contributed by atoms with E-state index in [1.807, 2.05) is 13.0 Å². The van der Waals surface area contributed by atoms with Gasteiger partial charge in [-0.1, -0.05) is 6.08 Å². The van der Waals surface area contributed by atoms with E-state index in [9.17, 15) is 5.11 Å². The molecule has 0 bridgehead atoms. The number of nitriles is 1. The van der Waals surface area contributed by atoms with Gasteiger partial charge in [-0.15, -0.1) is 6.58 Å². The lowest BCUT2D eigenvalue weighted by Gasteiger charge is -2.26. The van der Waals surface area contributed by atoms with Crippen LogP contribution in [0.2, 0.25) is 0 Å². The number of aliphatic hydroxyl groups is 1. The molecule has 1 aromatic rings. The molecule has 1 saturated carbocycles. The Morgan fingerprint density at radius 3 is 2.86 bits per heavy atom. The van der Waals surface area contributed by atoms with Crippen LogP contribution in [0.5, 0.6) is 0 Å². The SMILES string of the molecule is C=CCC(C)Nc1nc(N[C@H]2CC[C@H](O)CC2)ncc1C#N. The number of hydrogen-bond donors (Lipinski definition) is 3. The molecular weight excluding hydrogens is 278 g/mol. The van der Waals surface area contributed by atoms with Crippen LogP contribution in [0.1, 0.15) is 44.6 Å². The van der Waals surface area contributed by atoms with Crippen molar-refractivity contribution in [2.24, 2.45) is 0 Å². The second kappa shape index (κ2) is 7.76. The average Bonchev–Trinajstić information content (AvgIpc) is 2.50. The summed E-state index contributed by atoms with van der Waals surface area (Å²) < 4.78 is 0. The standard InChI is InChI=1S/C16H23N5O/c1-3-4-11(2)19-15-12(9-17)10-18-16(21-15)20-13-5-7-14(22)8-6-13/h3,10-11,13-14,22H,1,4-8H2,2H3,(H2,18,19,20,21)/t11?,13-,14-. The van der Waals surface area contributed by atoms with E-state index in [0.29, 0.717) is 17.3 Å². The Morgan fingerprint density at radius 1 is 1.50 bits per heavy atom. The van der Waals surface area contributed by atoms with Gasteiger partial charge in [0.25, 0.3) is 0 Å². The number of rotatable bonds is 6. The summed E-state index contributed by atoms with van der Waals surface area (Å²) in [7, 11) is 0. The molecule has 0 aromatic carbocycles. The van der Waals surface area contributed by atoms with Crippen molar-refractivity contribution in [3.8, 4) is 6.07 Å². The molecule has 6 nitrogen and oxygen atoms in total. The van der Waals surface area contributed by atoms with E-state index < -0.39 is 0 Å². The van der Waals surface area contributed by atoms with Crippen LogP contribution in [-0.2, 0) is 0 Å². The monoisotopic (exact) mass is 301 g/mol. The maximum Gasteiger partial charge on any atom is 0.224 e. The first kappa shape index (κ1) is 16.2. The smallest absolute Gasteiger partial charge is 0.224 e. The quantitative estimate of drug-likeness (QED) is 0.699. The molecule has 1 atom stereocenters. The molecule has 1 unspecified atom stereocenters. The van der Waals surface area contributed by atoms with Gasteiger partial charge >= 0.3 is 0 Å². The first-order chi connectivity index (χ1) is 10.6. The van der Waals surface area contributed by atoms with Gasteiger partial charge in [0.1, 0.15) is 17.5 Å². The van der Waals surface area contributed by atoms with Crippen LogP contribution in [0, 0.1) is 11.3 Å². The molecular formula is C16H23N5O. The van der Waals surface area contributed by atoms with E-state index in [0.717, 1.165) is 32.1 Å². The largest absolute Gasteiger partial charge is 0.393 e. The van der Waals surface area contributed by atoms with Gasteiger partial charge in [0.15, 0.2) is 0 Å². The summed E-state index contributed by atoms with van der Waals surface area (Å²) in [5.74, 6) is 1.07. The van der Waals surface area contributed by atoms with Gasteiger partial charge in [-0.3, -0.25) is 0 Å². The number of aliphatic hydroxyl groups excluding tert-OH is 1. The lowest BCUT2D eigenvalue weighted by molar-refractivity contribution is 0.126. The van der Waals surface area contributed by atoms with Gasteiger partial charge in [-0.25, -0.2) is 4.98 Å². The number of nitrogens with zero attached hydrogens (tertiary/aromatic N) is 3. The molecule has 0 saturated heterocycles. The summed E-state index contributed by atoms with van der Waals surface area (Å²) in [4.78, 5) is 8.64. The highest BCUT2D eigenvalue weighted by molar-refractivity contribution is 5.54. The normalized spacial score (nSPS) is 22.4. The van der Waals surface area contributed by atoms with Gasteiger partial charge < -0.3 is 15.7 Å². The maximum absolute atomic E-state index is 9.54. The number of nitrogens with one attached hydrogen (secondary N) is 2. The van der Waals surface area contributed by atoms with Gasteiger partial charge in [-0.2, -0.15) is 10.2 Å². The third-order valence-corrected chi connectivity index (χ3v) is 3.84. The van der Waals surface area contributed by atoms with Crippen molar-refractivity contribution in [2.45, 2.75) is 57.2 Å². The minimum Gasteiger partial charge on any atom is -0.393 e. The molecule has 0 spiro atoms. The zero-order valence-corrected chi connectivity index (χ0v) is 12.9. The molecule has 118 valence electrons. The first-order valence-corrected chi connectivity index (χ1v) is 7.71. The summed E-state index contributed by atoms with van der Waals surface area (Å²) in [5, 5.41) is 25.2. The Morgan fingerprint density at radius 2 is 2.23 bits per heavy atom. The second-order valence-electron chi connectivity index (χ2n) is 5.79. The van der Waals surface area contributed by atoms with E-state index in [4.69, 9.17) is 5.26 Å². The van der Waals surface area contributed by atoms with Crippen molar-refractivity contribution < 1.29 is 5.11 Å². The van der Waals surface area contributed by atoms with Crippen LogP contribution in [0.4, 0.5) is 11.8 Å². The van der Waals surface area contributed by atoms with E-state index in [1.54, 1.807) is 0 Å². The fraction of sp³-hybridized carbons (Fsp3) is 0.562. The van der Waals surface area contributed by atoms with Crippen molar-refractivity contribution in [3.05, 3.63) is 24.4 Å². The lowest BCUT2D eigenvalue weighted by atomic mass is 9.93. The molecule has 0 aliphatic heterocycles. The average molecular weight is 301 g/mol. The summed E-state index contributed by atoms with van der Waals surface area (Å²) in [6.45, 7) is 5.73. The zero-order valence-electron chi connectivity index (χ0n) is 12.9. The molecule has 22 heavy (non-hydrogen) atoms. The molecule has 0 radical (unpaired) electrons. The molecule has 1 aliphatic rings. The van der Waals surface area contributed by atoms with E-state index in [-0.39, 0.29) is 18.2 Å². The van der Waals surface area contributed by atoms with Crippen LogP contribution >= 0.6 is 0 Å². The highest BCUT2D eigenvalue weighted by Crippen LogP contribution is 2.22. The first-order valence-electron chi connectivity index (χ1n) is 7.71. The summed E-state index contributed by atoms with van der Waals surface area (Å²) >= 11 is 0. The molecule has 1 aromatic heterocycles. The van der Waals surface area contributed by atoms with E-state index in [2.05, 4.69) is 33.2 Å². The van der Waals surface area contributed by atoms with Crippen molar-refractivity contribution in [3.63, 3.8) is 0 Å². The van der Waals surface area contributed by atoms with E-state index in [1.165, 1.54) is 6.20 Å². The van der Waals surface area contributed by atoms with Gasteiger partial charge in [0.2, 0.25) is 5.95 Å². The van der Waals surface area contributed by atoms with Gasteiger partial charge in [0.05, 0.1) is 12.3 Å². The van der Waals surface area contributed by atoms with Crippen molar-refractivity contribution in [1.29, 1.82) is 5.26 Å². The predicted octanol–water partition coefficient (Wildman–Crippen LogP) is 2.44.